The Kier molecular flexibility index (Phi) is 3.47. The average Bonchev–Trinajstić information content (AvgIpc) is 2.84. The highest BCUT2D eigenvalue weighted by atomic mass is 32.1. The maximum Gasteiger partial charge on any atom is 0.267 e. The lowest BCUT2D eigenvalue weighted by Crippen LogP contribution is -2.18. The molecule has 0 spiro atoms. The van der Waals surface area contributed by atoms with Gasteiger partial charge in [-0.05, 0) is 6.92 Å². The van der Waals surface area contributed by atoms with Crippen LogP contribution in [0.15, 0.2) is 12.4 Å². The Hall–Kier alpha value is -2.42. The molecule has 2 aromatic heterocycles. The SMILES string of the molecule is Cc1nc(N)sc1C(=O)Nc1cnn(CC(N)=O)c1. The zero-order valence-corrected chi connectivity index (χ0v) is 10.9. The third-order valence-electron chi connectivity index (χ3n) is 2.23. The van der Waals surface area contributed by atoms with Crippen molar-refractivity contribution in [1.82, 2.24) is 14.8 Å². The van der Waals surface area contributed by atoms with Crippen molar-refractivity contribution in [2.45, 2.75) is 13.5 Å². The fraction of sp³-hybridized carbons (Fsp3) is 0.200. The maximum atomic E-state index is 12.0. The molecule has 0 bridgehead atoms. The lowest BCUT2D eigenvalue weighted by molar-refractivity contribution is -0.118. The van der Waals surface area contributed by atoms with E-state index in [0.29, 0.717) is 21.4 Å². The van der Waals surface area contributed by atoms with Crippen molar-refractivity contribution < 1.29 is 9.59 Å². The van der Waals surface area contributed by atoms with Crippen LogP contribution in [0.5, 0.6) is 0 Å². The molecule has 0 aromatic carbocycles. The lowest BCUT2D eigenvalue weighted by Gasteiger charge is -1.99. The summed E-state index contributed by atoms with van der Waals surface area (Å²) in [6.45, 7) is 1.67. The summed E-state index contributed by atoms with van der Waals surface area (Å²) in [6.07, 6.45) is 2.95. The number of hydrogen-bond donors (Lipinski definition) is 3. The smallest absolute Gasteiger partial charge is 0.267 e. The van der Waals surface area contributed by atoms with Gasteiger partial charge in [-0.2, -0.15) is 5.10 Å². The van der Waals surface area contributed by atoms with Gasteiger partial charge in [0.2, 0.25) is 5.91 Å². The van der Waals surface area contributed by atoms with Gasteiger partial charge in [0.25, 0.3) is 5.91 Å². The molecule has 0 unspecified atom stereocenters. The standard InChI is InChI=1S/C10H12N6O2S/c1-5-8(19-10(12)14-5)9(18)15-6-2-13-16(3-6)4-7(11)17/h2-3H,4H2,1H3,(H2,11,17)(H2,12,14)(H,15,18). The Labute approximate surface area is 112 Å². The van der Waals surface area contributed by atoms with E-state index in [1.54, 1.807) is 6.92 Å². The number of hydrogen-bond acceptors (Lipinski definition) is 6. The molecule has 2 aromatic rings. The quantitative estimate of drug-likeness (QED) is 0.724. The topological polar surface area (TPSA) is 129 Å². The van der Waals surface area contributed by atoms with Crippen molar-refractivity contribution in [3.8, 4) is 0 Å². The molecule has 0 aliphatic heterocycles. The summed E-state index contributed by atoms with van der Waals surface area (Å²) in [5, 5.41) is 6.88. The first-order valence-corrected chi connectivity index (χ1v) is 6.12. The van der Waals surface area contributed by atoms with Crippen LogP contribution < -0.4 is 16.8 Å². The molecule has 8 nitrogen and oxygen atoms in total. The van der Waals surface area contributed by atoms with Gasteiger partial charge in [0.1, 0.15) is 11.4 Å². The minimum absolute atomic E-state index is 0.0393. The number of primary amides is 1. The highest BCUT2D eigenvalue weighted by molar-refractivity contribution is 7.17. The van der Waals surface area contributed by atoms with Crippen LogP contribution in [0.3, 0.4) is 0 Å². The van der Waals surface area contributed by atoms with Crippen molar-refractivity contribution >= 4 is 34.0 Å². The third-order valence-corrected chi connectivity index (χ3v) is 3.21. The van der Waals surface area contributed by atoms with E-state index in [1.165, 1.54) is 17.1 Å². The average molecular weight is 280 g/mol. The van der Waals surface area contributed by atoms with Gasteiger partial charge in [0.05, 0.1) is 17.6 Å². The summed E-state index contributed by atoms with van der Waals surface area (Å²) in [5.74, 6) is -0.822. The minimum Gasteiger partial charge on any atom is -0.375 e. The fourth-order valence-corrected chi connectivity index (χ4v) is 2.22. The van der Waals surface area contributed by atoms with E-state index >= 15 is 0 Å². The third kappa shape index (κ3) is 3.07. The number of aromatic nitrogens is 3. The summed E-state index contributed by atoms with van der Waals surface area (Å²) in [6, 6.07) is 0. The number of nitrogens with two attached hydrogens (primary N) is 2. The number of carbonyl (C=O) groups excluding carboxylic acids is 2. The first-order valence-electron chi connectivity index (χ1n) is 5.30. The van der Waals surface area contributed by atoms with Gasteiger partial charge in [-0.25, -0.2) is 4.98 Å². The Bertz CT molecular complexity index is 632. The fourth-order valence-electron chi connectivity index (χ4n) is 1.49. The number of rotatable bonds is 4. The highest BCUT2D eigenvalue weighted by Gasteiger charge is 2.15. The number of thiazole rings is 1. The molecule has 9 heteroatoms. The number of amides is 2. The monoisotopic (exact) mass is 280 g/mol. The normalized spacial score (nSPS) is 10.4. The number of carbonyl (C=O) groups is 2. The molecule has 100 valence electrons. The lowest BCUT2D eigenvalue weighted by atomic mass is 10.3. The second kappa shape index (κ2) is 5.06. The number of aryl methyl sites for hydroxylation is 1. The number of nitrogens with one attached hydrogen (secondary N) is 1. The van der Waals surface area contributed by atoms with Gasteiger partial charge < -0.3 is 16.8 Å². The van der Waals surface area contributed by atoms with Crippen LogP contribution in [-0.4, -0.2) is 26.6 Å². The summed E-state index contributed by atoms with van der Waals surface area (Å²) < 4.78 is 1.34. The molecule has 0 fully saturated rings. The zero-order valence-electron chi connectivity index (χ0n) is 10.1. The van der Waals surface area contributed by atoms with Crippen LogP contribution in [-0.2, 0) is 11.3 Å². The Morgan fingerprint density at radius 2 is 2.26 bits per heavy atom. The summed E-state index contributed by atoms with van der Waals surface area (Å²) in [7, 11) is 0. The molecule has 19 heavy (non-hydrogen) atoms. The first-order chi connectivity index (χ1) is 8.95. The zero-order chi connectivity index (χ0) is 14.0. The molecule has 0 saturated carbocycles. The second-order valence-corrected chi connectivity index (χ2v) is 4.84. The van der Waals surface area contributed by atoms with E-state index < -0.39 is 5.91 Å². The van der Waals surface area contributed by atoms with E-state index in [-0.39, 0.29) is 12.5 Å². The van der Waals surface area contributed by atoms with Crippen LogP contribution >= 0.6 is 11.3 Å². The Morgan fingerprint density at radius 1 is 1.53 bits per heavy atom. The minimum atomic E-state index is -0.507. The Morgan fingerprint density at radius 3 is 2.84 bits per heavy atom. The van der Waals surface area contributed by atoms with Gasteiger partial charge in [-0.3, -0.25) is 14.3 Å². The summed E-state index contributed by atoms with van der Waals surface area (Å²) in [5.41, 5.74) is 11.6. The maximum absolute atomic E-state index is 12.0. The van der Waals surface area contributed by atoms with Crippen molar-refractivity contribution in [3.05, 3.63) is 23.0 Å². The largest absolute Gasteiger partial charge is 0.375 e. The van der Waals surface area contributed by atoms with Gasteiger partial charge in [-0.1, -0.05) is 11.3 Å². The summed E-state index contributed by atoms with van der Waals surface area (Å²) in [4.78, 5) is 27.1. The van der Waals surface area contributed by atoms with E-state index in [4.69, 9.17) is 11.5 Å². The van der Waals surface area contributed by atoms with Crippen LogP contribution in [0.2, 0.25) is 0 Å². The molecule has 2 heterocycles. The van der Waals surface area contributed by atoms with Crippen LogP contribution in [0.4, 0.5) is 10.8 Å². The van der Waals surface area contributed by atoms with E-state index in [1.807, 2.05) is 0 Å². The van der Waals surface area contributed by atoms with Gasteiger partial charge >= 0.3 is 0 Å². The highest BCUT2D eigenvalue weighted by Crippen LogP contribution is 2.20. The van der Waals surface area contributed by atoms with Crippen molar-refractivity contribution in [2.75, 3.05) is 11.1 Å². The molecule has 0 radical (unpaired) electrons. The first kappa shape index (κ1) is 13.0. The molecule has 0 aliphatic rings. The number of anilines is 2. The van der Waals surface area contributed by atoms with Gasteiger partial charge in [-0.15, -0.1) is 0 Å². The summed E-state index contributed by atoms with van der Waals surface area (Å²) >= 11 is 1.11. The van der Waals surface area contributed by atoms with Crippen LogP contribution in [0.1, 0.15) is 15.4 Å². The molecule has 0 aliphatic carbocycles. The molecular formula is C10H12N6O2S. The molecule has 0 atom stereocenters. The molecule has 5 N–H and O–H groups in total. The van der Waals surface area contributed by atoms with Gasteiger partial charge in [0.15, 0.2) is 5.13 Å². The van der Waals surface area contributed by atoms with Gasteiger partial charge in [0, 0.05) is 6.20 Å². The van der Waals surface area contributed by atoms with Crippen molar-refractivity contribution in [1.29, 1.82) is 0 Å². The van der Waals surface area contributed by atoms with Crippen molar-refractivity contribution in [2.24, 2.45) is 5.73 Å². The predicted molar refractivity (Wildman–Crippen MR) is 70.6 cm³/mol. The van der Waals surface area contributed by atoms with Crippen molar-refractivity contribution in [3.63, 3.8) is 0 Å². The van der Waals surface area contributed by atoms with Crippen LogP contribution in [0.25, 0.3) is 0 Å². The van der Waals surface area contributed by atoms with E-state index in [2.05, 4.69) is 15.4 Å². The number of nitrogens with zero attached hydrogens (tertiary/aromatic N) is 3. The molecular weight excluding hydrogens is 268 g/mol. The molecule has 2 amide bonds. The van der Waals surface area contributed by atoms with E-state index in [0.717, 1.165) is 11.3 Å². The number of nitrogen functional groups attached to an aromatic ring is 1. The predicted octanol–water partition coefficient (Wildman–Crippen LogP) is -0.0322. The Balaban J connectivity index is 2.09. The van der Waals surface area contributed by atoms with Crippen LogP contribution in [0, 0.1) is 6.92 Å². The molecule has 0 saturated heterocycles. The van der Waals surface area contributed by atoms with E-state index in [9.17, 15) is 9.59 Å². The molecule has 2 rings (SSSR count). The second-order valence-electron chi connectivity index (χ2n) is 3.81.